The van der Waals surface area contributed by atoms with Gasteiger partial charge in [0.15, 0.2) is 0 Å². The van der Waals surface area contributed by atoms with Crippen molar-refractivity contribution < 1.29 is 14.3 Å². The Kier molecular flexibility index (Phi) is 6.14. The number of rotatable bonds is 7. The van der Waals surface area contributed by atoms with Gasteiger partial charge in [-0.25, -0.2) is 0 Å². The summed E-state index contributed by atoms with van der Waals surface area (Å²) in [6.07, 6.45) is 3.32. The first-order valence-electron chi connectivity index (χ1n) is 10.8. The molecule has 0 radical (unpaired) electrons. The van der Waals surface area contributed by atoms with Gasteiger partial charge in [-0.1, -0.05) is 24.6 Å². The number of hydrogen-bond acceptors (Lipinski definition) is 4. The Bertz CT molecular complexity index is 934. The molecule has 1 aromatic carbocycles. The molecular weight excluding hydrogens is 396 g/mol. The fraction of sp³-hybridized carbons (Fsp3) is 0.500. The average molecular weight is 427 g/mol. The van der Waals surface area contributed by atoms with Crippen molar-refractivity contribution >= 4 is 23.2 Å². The standard InChI is InChI=1S/C24H30N2O3S/c1-4-23(27)26(18-6-7-18)14-24(28)25-11-9-22-19(10-12-30-22)20(25)15-29-21-8-5-16(2)13-17(21)3/h5,8,10,12-13,18,20H,4,6-7,9,11,14-15H2,1-3H3/t20-/m0/s1. The Balaban J connectivity index is 1.52. The Morgan fingerprint density at radius 3 is 2.73 bits per heavy atom. The minimum atomic E-state index is -0.119. The molecule has 0 bridgehead atoms. The van der Waals surface area contributed by atoms with Gasteiger partial charge in [-0.3, -0.25) is 9.59 Å². The van der Waals surface area contributed by atoms with Crippen LogP contribution >= 0.6 is 11.3 Å². The fourth-order valence-electron chi connectivity index (χ4n) is 4.25. The molecule has 0 N–H and O–H groups in total. The Labute approximate surface area is 182 Å². The maximum absolute atomic E-state index is 13.3. The molecule has 1 saturated carbocycles. The molecule has 160 valence electrons. The second-order valence-electron chi connectivity index (χ2n) is 8.34. The highest BCUT2D eigenvalue weighted by atomic mass is 32.1. The van der Waals surface area contributed by atoms with Crippen LogP contribution in [0.1, 0.15) is 53.8 Å². The van der Waals surface area contributed by atoms with Crippen LogP contribution in [0.3, 0.4) is 0 Å². The van der Waals surface area contributed by atoms with Crippen molar-refractivity contribution in [2.45, 2.75) is 58.5 Å². The summed E-state index contributed by atoms with van der Waals surface area (Å²) in [5.74, 6) is 0.952. The number of aryl methyl sites for hydroxylation is 2. The largest absolute Gasteiger partial charge is 0.491 e. The molecule has 1 atom stereocenters. The average Bonchev–Trinajstić information content (AvgIpc) is 3.46. The monoisotopic (exact) mass is 426 g/mol. The van der Waals surface area contributed by atoms with Crippen molar-refractivity contribution in [2.75, 3.05) is 19.7 Å². The zero-order valence-electron chi connectivity index (χ0n) is 18.0. The highest BCUT2D eigenvalue weighted by molar-refractivity contribution is 7.10. The molecule has 2 heterocycles. The van der Waals surface area contributed by atoms with Gasteiger partial charge in [-0.15, -0.1) is 11.3 Å². The van der Waals surface area contributed by atoms with Crippen LogP contribution in [-0.4, -0.2) is 47.4 Å². The van der Waals surface area contributed by atoms with Gasteiger partial charge < -0.3 is 14.5 Å². The van der Waals surface area contributed by atoms with Gasteiger partial charge in [-0.2, -0.15) is 0 Å². The molecular formula is C24H30N2O3S. The number of ether oxygens (including phenoxy) is 1. The molecule has 4 rings (SSSR count). The van der Waals surface area contributed by atoms with Gasteiger partial charge in [0.25, 0.3) is 0 Å². The Morgan fingerprint density at radius 2 is 2.03 bits per heavy atom. The van der Waals surface area contributed by atoms with Gasteiger partial charge >= 0.3 is 0 Å². The number of fused-ring (bicyclic) bond motifs is 1. The van der Waals surface area contributed by atoms with E-state index in [4.69, 9.17) is 4.74 Å². The lowest BCUT2D eigenvalue weighted by molar-refractivity contribution is -0.143. The topological polar surface area (TPSA) is 49.9 Å². The third kappa shape index (κ3) is 4.38. The van der Waals surface area contributed by atoms with Gasteiger partial charge in [0, 0.05) is 23.9 Å². The van der Waals surface area contributed by atoms with Crippen molar-refractivity contribution in [2.24, 2.45) is 0 Å². The normalized spacial score (nSPS) is 18.1. The number of carbonyl (C=O) groups is 2. The molecule has 0 unspecified atom stereocenters. The van der Waals surface area contributed by atoms with Crippen LogP contribution in [0.25, 0.3) is 0 Å². The predicted molar refractivity (Wildman–Crippen MR) is 119 cm³/mol. The zero-order chi connectivity index (χ0) is 21.3. The van der Waals surface area contributed by atoms with Crippen LogP contribution in [0, 0.1) is 13.8 Å². The van der Waals surface area contributed by atoms with Crippen LogP contribution in [0.15, 0.2) is 29.6 Å². The van der Waals surface area contributed by atoms with Crippen LogP contribution in [0.5, 0.6) is 5.75 Å². The molecule has 2 aromatic rings. The molecule has 5 nitrogen and oxygen atoms in total. The zero-order valence-corrected chi connectivity index (χ0v) is 18.8. The summed E-state index contributed by atoms with van der Waals surface area (Å²) in [6.45, 7) is 7.25. The van der Waals surface area contributed by atoms with E-state index < -0.39 is 0 Å². The molecule has 1 aliphatic carbocycles. The fourth-order valence-corrected chi connectivity index (χ4v) is 5.18. The first-order chi connectivity index (χ1) is 14.5. The molecule has 0 spiro atoms. The van der Waals surface area contributed by atoms with E-state index in [0.29, 0.717) is 19.6 Å². The van der Waals surface area contributed by atoms with Gasteiger partial charge in [0.1, 0.15) is 18.9 Å². The van der Waals surface area contributed by atoms with Gasteiger partial charge in [0.05, 0.1) is 6.04 Å². The van der Waals surface area contributed by atoms with Crippen molar-refractivity contribution in [1.29, 1.82) is 0 Å². The number of amides is 2. The molecule has 30 heavy (non-hydrogen) atoms. The van der Waals surface area contributed by atoms with Crippen molar-refractivity contribution in [3.63, 3.8) is 0 Å². The molecule has 1 aromatic heterocycles. The van der Waals surface area contributed by atoms with Gasteiger partial charge in [-0.05, 0) is 61.7 Å². The maximum atomic E-state index is 13.3. The van der Waals surface area contributed by atoms with E-state index in [1.807, 2.05) is 30.9 Å². The summed E-state index contributed by atoms with van der Waals surface area (Å²) in [5.41, 5.74) is 3.49. The number of nitrogens with zero attached hydrogens (tertiary/aromatic N) is 2. The van der Waals surface area contributed by atoms with E-state index in [1.165, 1.54) is 16.0 Å². The number of benzene rings is 1. The summed E-state index contributed by atoms with van der Waals surface area (Å²) in [7, 11) is 0. The first kappa shape index (κ1) is 20.9. The van der Waals surface area contributed by atoms with Gasteiger partial charge in [0.2, 0.25) is 11.8 Å². The van der Waals surface area contributed by atoms with E-state index in [9.17, 15) is 9.59 Å². The lowest BCUT2D eigenvalue weighted by atomic mass is 10.00. The molecule has 0 saturated heterocycles. The van der Waals surface area contributed by atoms with Crippen LogP contribution in [-0.2, 0) is 16.0 Å². The summed E-state index contributed by atoms with van der Waals surface area (Å²) < 4.78 is 6.20. The summed E-state index contributed by atoms with van der Waals surface area (Å²) in [4.78, 5) is 30.7. The number of thiophene rings is 1. The minimum Gasteiger partial charge on any atom is -0.491 e. The highest BCUT2D eigenvalue weighted by Gasteiger charge is 2.37. The molecule has 2 amide bonds. The summed E-state index contributed by atoms with van der Waals surface area (Å²) >= 11 is 1.75. The van der Waals surface area contributed by atoms with Crippen molar-refractivity contribution in [3.8, 4) is 5.75 Å². The maximum Gasteiger partial charge on any atom is 0.242 e. The molecule has 1 aliphatic heterocycles. The van der Waals surface area contributed by atoms with E-state index in [1.54, 1.807) is 16.2 Å². The summed E-state index contributed by atoms with van der Waals surface area (Å²) in [5, 5.41) is 2.10. The molecule has 1 fully saturated rings. The third-order valence-electron chi connectivity index (χ3n) is 6.06. The second-order valence-corrected chi connectivity index (χ2v) is 9.34. The van der Waals surface area contributed by atoms with E-state index in [0.717, 1.165) is 30.6 Å². The van der Waals surface area contributed by atoms with E-state index >= 15 is 0 Å². The van der Waals surface area contributed by atoms with Crippen LogP contribution in [0.4, 0.5) is 0 Å². The lowest BCUT2D eigenvalue weighted by Crippen LogP contribution is -2.48. The van der Waals surface area contributed by atoms with Crippen LogP contribution in [0.2, 0.25) is 0 Å². The Hall–Kier alpha value is -2.34. The van der Waals surface area contributed by atoms with Crippen molar-refractivity contribution in [3.05, 3.63) is 51.2 Å². The predicted octanol–water partition coefficient (Wildman–Crippen LogP) is 4.27. The van der Waals surface area contributed by atoms with Crippen LogP contribution < -0.4 is 4.74 Å². The molecule has 2 aliphatic rings. The number of carbonyl (C=O) groups excluding carboxylic acids is 2. The quantitative estimate of drug-likeness (QED) is 0.664. The molecule has 6 heteroatoms. The smallest absolute Gasteiger partial charge is 0.242 e. The Morgan fingerprint density at radius 1 is 1.23 bits per heavy atom. The summed E-state index contributed by atoms with van der Waals surface area (Å²) in [6, 6.07) is 8.40. The van der Waals surface area contributed by atoms with Crippen molar-refractivity contribution in [1.82, 2.24) is 9.80 Å². The van der Waals surface area contributed by atoms with E-state index in [2.05, 4.69) is 24.4 Å². The third-order valence-corrected chi connectivity index (χ3v) is 7.05. The minimum absolute atomic E-state index is 0.0229. The number of hydrogen-bond donors (Lipinski definition) is 0. The SMILES string of the molecule is CCC(=O)N(CC(=O)N1CCc2sccc2[C@@H]1COc1ccc(C)cc1C)C1CC1. The van der Waals surface area contributed by atoms with E-state index in [-0.39, 0.29) is 30.4 Å². The first-order valence-corrected chi connectivity index (χ1v) is 11.7. The highest BCUT2D eigenvalue weighted by Crippen LogP contribution is 2.35. The lowest BCUT2D eigenvalue weighted by Gasteiger charge is -2.37. The second kappa shape index (κ2) is 8.80.